The van der Waals surface area contributed by atoms with Crippen molar-refractivity contribution in [3.05, 3.63) is 30.2 Å². The van der Waals surface area contributed by atoms with Gasteiger partial charge in [-0.2, -0.15) is 5.10 Å². The van der Waals surface area contributed by atoms with E-state index in [4.69, 9.17) is 9.15 Å². The zero-order valence-corrected chi connectivity index (χ0v) is 11.3. The topological polar surface area (TPSA) is 80.2 Å². The largest absolute Gasteiger partial charge is 0.463 e. The van der Waals surface area contributed by atoms with E-state index in [1.165, 1.54) is 0 Å². The van der Waals surface area contributed by atoms with Gasteiger partial charge in [0.2, 0.25) is 0 Å². The molecule has 2 atom stereocenters. The third-order valence-corrected chi connectivity index (χ3v) is 3.48. The Labute approximate surface area is 116 Å². The second-order valence-corrected chi connectivity index (χ2v) is 4.96. The van der Waals surface area contributed by atoms with Crippen LogP contribution in [-0.4, -0.2) is 34.9 Å². The number of aromatic nitrogens is 2. The van der Waals surface area contributed by atoms with E-state index < -0.39 is 0 Å². The molecule has 3 heterocycles. The van der Waals surface area contributed by atoms with E-state index in [2.05, 4.69) is 15.5 Å². The average Bonchev–Trinajstić information content (AvgIpc) is 3.19. The van der Waals surface area contributed by atoms with Gasteiger partial charge in [0, 0.05) is 12.7 Å². The van der Waals surface area contributed by atoms with Crippen molar-refractivity contribution in [1.82, 2.24) is 15.5 Å². The predicted molar refractivity (Wildman–Crippen MR) is 72.2 cm³/mol. The molecule has 20 heavy (non-hydrogen) atoms. The van der Waals surface area contributed by atoms with E-state index in [1.54, 1.807) is 18.4 Å². The average molecular weight is 275 g/mol. The summed E-state index contributed by atoms with van der Waals surface area (Å²) in [5, 5.41) is 9.73. The summed E-state index contributed by atoms with van der Waals surface area (Å²) in [7, 11) is 0. The Bertz CT molecular complexity index is 570. The lowest BCUT2D eigenvalue weighted by atomic mass is 10.1. The van der Waals surface area contributed by atoms with Gasteiger partial charge in [-0.3, -0.25) is 9.89 Å². The molecule has 3 rings (SSSR count). The highest BCUT2D eigenvalue weighted by molar-refractivity contribution is 5.93. The quantitative estimate of drug-likeness (QED) is 0.894. The number of carbonyl (C=O) groups is 1. The Balaban J connectivity index is 1.65. The molecule has 0 aromatic carbocycles. The van der Waals surface area contributed by atoms with Gasteiger partial charge >= 0.3 is 0 Å². The number of H-pyrrole nitrogens is 1. The van der Waals surface area contributed by atoms with Crippen molar-refractivity contribution in [2.45, 2.75) is 31.9 Å². The Hall–Kier alpha value is -2.08. The molecule has 2 N–H and O–H groups in total. The molecule has 1 saturated heterocycles. The molecule has 2 aromatic rings. The Morgan fingerprint density at radius 3 is 3.20 bits per heavy atom. The molecule has 106 valence electrons. The SMILES string of the molecule is CC(NC(=O)c1cc(-c2ccco2)[nH]n1)C1CCCO1. The van der Waals surface area contributed by atoms with Crippen LogP contribution >= 0.6 is 0 Å². The van der Waals surface area contributed by atoms with Gasteiger partial charge in [0.1, 0.15) is 5.69 Å². The maximum absolute atomic E-state index is 12.1. The number of aromatic amines is 1. The van der Waals surface area contributed by atoms with Crippen LogP contribution in [0.2, 0.25) is 0 Å². The van der Waals surface area contributed by atoms with Crippen LogP contribution in [0.15, 0.2) is 28.9 Å². The summed E-state index contributed by atoms with van der Waals surface area (Å²) in [6.07, 6.45) is 3.72. The Kier molecular flexibility index (Phi) is 3.56. The van der Waals surface area contributed by atoms with Crippen LogP contribution in [0.1, 0.15) is 30.3 Å². The molecule has 0 spiro atoms. The normalized spacial score (nSPS) is 19.9. The van der Waals surface area contributed by atoms with Gasteiger partial charge in [-0.25, -0.2) is 0 Å². The van der Waals surface area contributed by atoms with Crippen molar-refractivity contribution in [3.8, 4) is 11.5 Å². The van der Waals surface area contributed by atoms with Crippen LogP contribution in [0.4, 0.5) is 0 Å². The number of carbonyl (C=O) groups excluding carboxylic acids is 1. The standard InChI is InChI=1S/C14H17N3O3/c1-9(12-4-2-6-19-12)15-14(18)11-8-10(16-17-11)13-5-3-7-20-13/h3,5,7-9,12H,2,4,6H2,1H3,(H,15,18)(H,16,17). The molecule has 2 aromatic heterocycles. The van der Waals surface area contributed by atoms with Crippen molar-refractivity contribution in [2.24, 2.45) is 0 Å². The number of amides is 1. The van der Waals surface area contributed by atoms with Gasteiger partial charge in [0.15, 0.2) is 11.5 Å². The highest BCUT2D eigenvalue weighted by Gasteiger charge is 2.24. The van der Waals surface area contributed by atoms with Crippen LogP contribution in [-0.2, 0) is 4.74 Å². The summed E-state index contributed by atoms with van der Waals surface area (Å²) in [6, 6.07) is 5.25. The van der Waals surface area contributed by atoms with E-state index in [9.17, 15) is 4.79 Å². The van der Waals surface area contributed by atoms with Gasteiger partial charge in [0.05, 0.1) is 18.4 Å². The maximum atomic E-state index is 12.1. The maximum Gasteiger partial charge on any atom is 0.272 e. The van der Waals surface area contributed by atoms with Crippen molar-refractivity contribution >= 4 is 5.91 Å². The summed E-state index contributed by atoms with van der Waals surface area (Å²) in [4.78, 5) is 12.1. The monoisotopic (exact) mass is 275 g/mol. The molecule has 1 amide bonds. The van der Waals surface area contributed by atoms with Crippen LogP contribution in [0.5, 0.6) is 0 Å². The lowest BCUT2D eigenvalue weighted by Crippen LogP contribution is -2.40. The van der Waals surface area contributed by atoms with Gasteiger partial charge < -0.3 is 14.5 Å². The lowest BCUT2D eigenvalue weighted by molar-refractivity contribution is 0.0709. The van der Waals surface area contributed by atoms with Crippen LogP contribution in [0.3, 0.4) is 0 Å². The van der Waals surface area contributed by atoms with Crippen LogP contribution in [0, 0.1) is 0 Å². The summed E-state index contributed by atoms with van der Waals surface area (Å²) in [5.41, 5.74) is 1.03. The first kappa shape index (κ1) is 12.9. The number of hydrogen-bond acceptors (Lipinski definition) is 4. The van der Waals surface area contributed by atoms with E-state index >= 15 is 0 Å². The number of hydrogen-bond donors (Lipinski definition) is 2. The molecule has 0 aliphatic carbocycles. The fraction of sp³-hybridized carbons (Fsp3) is 0.429. The van der Waals surface area contributed by atoms with Gasteiger partial charge in [-0.15, -0.1) is 0 Å². The second-order valence-electron chi connectivity index (χ2n) is 4.96. The zero-order valence-electron chi connectivity index (χ0n) is 11.3. The van der Waals surface area contributed by atoms with Crippen molar-refractivity contribution in [3.63, 3.8) is 0 Å². The molecular weight excluding hydrogens is 258 g/mol. The number of rotatable bonds is 4. The fourth-order valence-electron chi connectivity index (χ4n) is 2.37. The van der Waals surface area contributed by atoms with Crippen LogP contribution < -0.4 is 5.32 Å². The fourth-order valence-corrected chi connectivity index (χ4v) is 2.37. The minimum absolute atomic E-state index is 0.0197. The van der Waals surface area contributed by atoms with Crippen molar-refractivity contribution in [2.75, 3.05) is 6.61 Å². The Morgan fingerprint density at radius 2 is 2.50 bits per heavy atom. The Morgan fingerprint density at radius 1 is 1.60 bits per heavy atom. The highest BCUT2D eigenvalue weighted by atomic mass is 16.5. The number of nitrogens with zero attached hydrogens (tertiary/aromatic N) is 1. The lowest BCUT2D eigenvalue weighted by Gasteiger charge is -2.19. The summed E-state index contributed by atoms with van der Waals surface area (Å²) < 4.78 is 10.8. The minimum atomic E-state index is -0.206. The van der Waals surface area contributed by atoms with Gasteiger partial charge in [-0.05, 0) is 31.9 Å². The number of nitrogens with one attached hydrogen (secondary N) is 2. The second kappa shape index (κ2) is 5.50. The number of furan rings is 1. The van der Waals surface area contributed by atoms with Crippen molar-refractivity contribution in [1.29, 1.82) is 0 Å². The van der Waals surface area contributed by atoms with Crippen LogP contribution in [0.25, 0.3) is 11.5 Å². The number of ether oxygens (including phenoxy) is 1. The van der Waals surface area contributed by atoms with E-state index in [1.807, 2.05) is 13.0 Å². The molecule has 0 bridgehead atoms. The minimum Gasteiger partial charge on any atom is -0.463 e. The molecule has 1 aliphatic heterocycles. The van der Waals surface area contributed by atoms with E-state index in [-0.39, 0.29) is 18.1 Å². The predicted octanol–water partition coefficient (Wildman–Crippen LogP) is 1.97. The summed E-state index contributed by atoms with van der Waals surface area (Å²) in [6.45, 7) is 2.73. The molecule has 1 aliphatic rings. The molecule has 1 fully saturated rings. The summed E-state index contributed by atoms with van der Waals surface area (Å²) in [5.74, 6) is 0.450. The molecule has 6 heteroatoms. The molecule has 0 saturated carbocycles. The summed E-state index contributed by atoms with van der Waals surface area (Å²) >= 11 is 0. The van der Waals surface area contributed by atoms with E-state index in [0.717, 1.165) is 19.4 Å². The van der Waals surface area contributed by atoms with E-state index in [0.29, 0.717) is 17.1 Å². The molecule has 0 radical (unpaired) electrons. The zero-order chi connectivity index (χ0) is 13.9. The van der Waals surface area contributed by atoms with Gasteiger partial charge in [-0.1, -0.05) is 0 Å². The molecular formula is C14H17N3O3. The first-order chi connectivity index (χ1) is 9.74. The first-order valence-corrected chi connectivity index (χ1v) is 6.76. The molecule has 6 nitrogen and oxygen atoms in total. The first-order valence-electron chi connectivity index (χ1n) is 6.76. The highest BCUT2D eigenvalue weighted by Crippen LogP contribution is 2.18. The van der Waals surface area contributed by atoms with Crippen molar-refractivity contribution < 1.29 is 13.9 Å². The third-order valence-electron chi connectivity index (χ3n) is 3.48. The molecule has 2 unspecified atom stereocenters. The van der Waals surface area contributed by atoms with Gasteiger partial charge in [0.25, 0.3) is 5.91 Å². The third kappa shape index (κ3) is 2.60. The smallest absolute Gasteiger partial charge is 0.272 e.